The molecule has 1 aromatic rings. The average molecular weight is 204 g/mol. The lowest BCUT2D eigenvalue weighted by molar-refractivity contribution is -0.115. The standard InChI is InChI=1S/C9H9N.C3H7NO/c1-7-3-8(2)5-9(4-7)6-10;1-4(2)3-5/h3-5H,1-2H3;3H,1-2H3. The second kappa shape index (κ2) is 6.61. The summed E-state index contributed by atoms with van der Waals surface area (Å²) in [5, 5.41) is 8.54. The van der Waals surface area contributed by atoms with E-state index in [2.05, 4.69) is 12.1 Å². The molecule has 0 bridgehead atoms. The first-order valence-corrected chi connectivity index (χ1v) is 4.59. The van der Waals surface area contributed by atoms with Crippen LogP contribution in [0.5, 0.6) is 0 Å². The maximum absolute atomic E-state index is 9.43. The van der Waals surface area contributed by atoms with Crippen LogP contribution in [0.15, 0.2) is 18.2 Å². The third kappa shape index (κ3) is 6.28. The molecule has 0 N–H and O–H groups in total. The Hall–Kier alpha value is -1.82. The SMILES string of the molecule is CN(C)C=O.Cc1cc(C)cc(C#N)c1. The molecule has 0 aliphatic heterocycles. The maximum atomic E-state index is 9.43. The van der Waals surface area contributed by atoms with E-state index in [1.807, 2.05) is 26.0 Å². The van der Waals surface area contributed by atoms with Gasteiger partial charge < -0.3 is 4.90 Å². The summed E-state index contributed by atoms with van der Waals surface area (Å²) < 4.78 is 0. The Morgan fingerprint density at radius 2 is 1.60 bits per heavy atom. The lowest BCUT2D eigenvalue weighted by Gasteiger charge is -1.95. The third-order valence-electron chi connectivity index (χ3n) is 1.56. The van der Waals surface area contributed by atoms with Gasteiger partial charge in [0.2, 0.25) is 6.41 Å². The monoisotopic (exact) mass is 204 g/mol. The molecule has 3 nitrogen and oxygen atoms in total. The van der Waals surface area contributed by atoms with E-state index in [0.29, 0.717) is 0 Å². The predicted octanol–water partition coefficient (Wildman–Crippen LogP) is 1.88. The number of nitriles is 1. The van der Waals surface area contributed by atoms with Gasteiger partial charge in [0.15, 0.2) is 0 Å². The molecule has 0 unspecified atom stereocenters. The second-order valence-corrected chi connectivity index (χ2v) is 3.56. The van der Waals surface area contributed by atoms with Crippen LogP contribution in [0.2, 0.25) is 0 Å². The number of rotatable bonds is 1. The van der Waals surface area contributed by atoms with Crippen molar-refractivity contribution in [2.75, 3.05) is 14.1 Å². The van der Waals surface area contributed by atoms with Crippen LogP contribution >= 0.6 is 0 Å². The Bertz CT molecular complexity index is 344. The van der Waals surface area contributed by atoms with E-state index in [9.17, 15) is 4.79 Å². The topological polar surface area (TPSA) is 44.1 Å². The third-order valence-corrected chi connectivity index (χ3v) is 1.56. The van der Waals surface area contributed by atoms with Crippen molar-refractivity contribution in [3.8, 4) is 6.07 Å². The quantitative estimate of drug-likeness (QED) is 0.655. The summed E-state index contributed by atoms with van der Waals surface area (Å²) in [6, 6.07) is 7.93. The van der Waals surface area contributed by atoms with Crippen molar-refractivity contribution in [3.63, 3.8) is 0 Å². The lowest BCUT2D eigenvalue weighted by Crippen LogP contribution is -2.06. The molecular formula is C12H16N2O. The molecule has 80 valence electrons. The van der Waals surface area contributed by atoms with E-state index >= 15 is 0 Å². The molecule has 0 spiro atoms. The molecule has 15 heavy (non-hydrogen) atoms. The van der Waals surface area contributed by atoms with Gasteiger partial charge >= 0.3 is 0 Å². The van der Waals surface area contributed by atoms with Crippen LogP contribution in [0.4, 0.5) is 0 Å². The number of hydrogen-bond acceptors (Lipinski definition) is 2. The molecule has 0 radical (unpaired) electrons. The van der Waals surface area contributed by atoms with E-state index in [1.165, 1.54) is 4.90 Å². The van der Waals surface area contributed by atoms with Gasteiger partial charge in [0, 0.05) is 14.1 Å². The fraction of sp³-hybridized carbons (Fsp3) is 0.333. The van der Waals surface area contributed by atoms with Gasteiger partial charge in [-0.25, -0.2) is 0 Å². The molecule has 1 aromatic carbocycles. The van der Waals surface area contributed by atoms with Crippen molar-refractivity contribution >= 4 is 6.41 Å². The number of nitrogens with zero attached hydrogens (tertiary/aromatic N) is 2. The molecule has 0 heterocycles. The summed E-state index contributed by atoms with van der Waals surface area (Å²) in [4.78, 5) is 10.9. The zero-order valence-electron chi connectivity index (χ0n) is 9.61. The normalized spacial score (nSPS) is 8.20. The summed E-state index contributed by atoms with van der Waals surface area (Å²) in [5.74, 6) is 0. The Kier molecular flexibility index (Phi) is 5.81. The second-order valence-electron chi connectivity index (χ2n) is 3.56. The highest BCUT2D eigenvalue weighted by Gasteiger charge is 1.91. The first-order valence-electron chi connectivity index (χ1n) is 4.59. The minimum absolute atomic E-state index is 0.748. The molecule has 0 saturated carbocycles. The predicted molar refractivity (Wildman–Crippen MR) is 60.4 cm³/mol. The highest BCUT2D eigenvalue weighted by atomic mass is 16.1. The highest BCUT2D eigenvalue weighted by molar-refractivity contribution is 5.45. The number of carbonyl (C=O) groups is 1. The van der Waals surface area contributed by atoms with Gasteiger partial charge in [-0.15, -0.1) is 0 Å². The van der Waals surface area contributed by atoms with Crippen molar-refractivity contribution < 1.29 is 4.79 Å². The minimum Gasteiger partial charge on any atom is -0.351 e. The van der Waals surface area contributed by atoms with E-state index in [1.54, 1.807) is 14.1 Å². The van der Waals surface area contributed by atoms with Crippen molar-refractivity contribution in [2.24, 2.45) is 0 Å². The fourth-order valence-electron chi connectivity index (χ4n) is 1.04. The van der Waals surface area contributed by atoms with Gasteiger partial charge in [-0.3, -0.25) is 4.79 Å². The molecular weight excluding hydrogens is 188 g/mol. The zero-order valence-corrected chi connectivity index (χ0v) is 9.61. The Morgan fingerprint density at radius 3 is 1.87 bits per heavy atom. The number of amides is 1. The molecule has 0 saturated heterocycles. The van der Waals surface area contributed by atoms with Crippen LogP contribution in [0, 0.1) is 25.2 Å². The molecule has 0 aliphatic carbocycles. The fourth-order valence-corrected chi connectivity index (χ4v) is 1.04. The number of carbonyl (C=O) groups excluding carboxylic acids is 1. The van der Waals surface area contributed by atoms with Crippen molar-refractivity contribution in [2.45, 2.75) is 13.8 Å². The van der Waals surface area contributed by atoms with Crippen molar-refractivity contribution in [3.05, 3.63) is 34.9 Å². The largest absolute Gasteiger partial charge is 0.351 e. The Labute approximate surface area is 90.9 Å². The number of aryl methyl sites for hydroxylation is 2. The molecule has 1 amide bonds. The molecule has 0 aliphatic rings. The minimum atomic E-state index is 0.748. The highest BCUT2D eigenvalue weighted by Crippen LogP contribution is 2.06. The average Bonchev–Trinajstić information content (AvgIpc) is 2.17. The molecule has 1 rings (SSSR count). The summed E-state index contributed by atoms with van der Waals surface area (Å²) in [7, 11) is 3.38. The van der Waals surface area contributed by atoms with Gasteiger partial charge in [-0.2, -0.15) is 5.26 Å². The van der Waals surface area contributed by atoms with E-state index < -0.39 is 0 Å². The van der Waals surface area contributed by atoms with E-state index in [4.69, 9.17) is 5.26 Å². The van der Waals surface area contributed by atoms with Crippen LogP contribution in [0.1, 0.15) is 16.7 Å². The maximum Gasteiger partial charge on any atom is 0.209 e. The molecule has 3 heteroatoms. The molecule has 0 atom stereocenters. The van der Waals surface area contributed by atoms with Crippen LogP contribution in [-0.2, 0) is 4.79 Å². The van der Waals surface area contributed by atoms with Crippen LogP contribution in [0.3, 0.4) is 0 Å². The van der Waals surface area contributed by atoms with E-state index in [0.717, 1.165) is 23.1 Å². The molecule has 0 fully saturated rings. The number of benzene rings is 1. The van der Waals surface area contributed by atoms with Gasteiger partial charge in [0.25, 0.3) is 0 Å². The van der Waals surface area contributed by atoms with Crippen LogP contribution in [-0.4, -0.2) is 25.4 Å². The Morgan fingerprint density at radius 1 is 1.20 bits per heavy atom. The van der Waals surface area contributed by atoms with Crippen LogP contribution < -0.4 is 0 Å². The first kappa shape index (κ1) is 13.2. The van der Waals surface area contributed by atoms with Gasteiger partial charge in [0.05, 0.1) is 11.6 Å². The van der Waals surface area contributed by atoms with Crippen molar-refractivity contribution in [1.29, 1.82) is 5.26 Å². The smallest absolute Gasteiger partial charge is 0.209 e. The number of hydrogen-bond donors (Lipinski definition) is 0. The summed E-state index contributed by atoms with van der Waals surface area (Å²) in [5.41, 5.74) is 3.05. The Balaban J connectivity index is 0.000000336. The summed E-state index contributed by atoms with van der Waals surface area (Å²) in [6.07, 6.45) is 0.750. The molecule has 0 aromatic heterocycles. The van der Waals surface area contributed by atoms with Crippen LogP contribution in [0.25, 0.3) is 0 Å². The van der Waals surface area contributed by atoms with Gasteiger partial charge in [-0.05, 0) is 37.1 Å². The summed E-state index contributed by atoms with van der Waals surface area (Å²) >= 11 is 0. The van der Waals surface area contributed by atoms with Crippen molar-refractivity contribution in [1.82, 2.24) is 4.90 Å². The first-order chi connectivity index (χ1) is 6.99. The zero-order chi connectivity index (χ0) is 11.8. The van der Waals surface area contributed by atoms with Gasteiger partial charge in [0.1, 0.15) is 0 Å². The van der Waals surface area contributed by atoms with E-state index in [-0.39, 0.29) is 0 Å². The van der Waals surface area contributed by atoms with Gasteiger partial charge in [-0.1, -0.05) is 6.07 Å². The lowest BCUT2D eigenvalue weighted by atomic mass is 10.1. The summed E-state index contributed by atoms with van der Waals surface area (Å²) in [6.45, 7) is 3.99.